The molecule has 1 aliphatic rings. The van der Waals surface area contributed by atoms with E-state index < -0.39 is 9.84 Å². The second kappa shape index (κ2) is 20.8. The van der Waals surface area contributed by atoms with Crippen molar-refractivity contribution < 1.29 is 13.2 Å². The van der Waals surface area contributed by atoms with Crippen molar-refractivity contribution in [1.29, 1.82) is 0 Å². The van der Waals surface area contributed by atoms with E-state index in [1.54, 1.807) is 10.6 Å². The van der Waals surface area contributed by atoms with Gasteiger partial charge in [-0.1, -0.05) is 150 Å². The van der Waals surface area contributed by atoms with Gasteiger partial charge in [0.05, 0.1) is 44.4 Å². The molecule has 0 saturated carbocycles. The summed E-state index contributed by atoms with van der Waals surface area (Å²) in [5.41, 5.74) is 6.25. The van der Waals surface area contributed by atoms with Gasteiger partial charge in [0.1, 0.15) is 26.4 Å². The van der Waals surface area contributed by atoms with Crippen LogP contribution in [0.2, 0.25) is 25.1 Å². The van der Waals surface area contributed by atoms with E-state index in [4.69, 9.17) is 58.0 Å². The van der Waals surface area contributed by atoms with E-state index in [1.807, 2.05) is 19.1 Å². The molecule has 16 heteroatoms. The van der Waals surface area contributed by atoms with Gasteiger partial charge in [0, 0.05) is 16.9 Å². The number of rotatable bonds is 17. The number of aromatic nitrogens is 4. The highest BCUT2D eigenvalue weighted by molar-refractivity contribution is 7.91. The lowest BCUT2D eigenvalue weighted by Crippen LogP contribution is -2.36. The Morgan fingerprint density at radius 2 is 1.42 bits per heavy atom. The van der Waals surface area contributed by atoms with Crippen LogP contribution in [-0.2, 0) is 26.5 Å². The average molecular weight is 876 g/mol. The van der Waals surface area contributed by atoms with Gasteiger partial charge < -0.3 is 0 Å². The third-order valence-electron chi connectivity index (χ3n) is 9.16. The molecule has 1 saturated heterocycles. The maximum Gasteiger partial charge on any atom is 0.253 e. The molecular formula is C39H52Cl5N7O3S. The van der Waals surface area contributed by atoms with Crippen LogP contribution >= 0.6 is 58.0 Å². The number of aliphatic imine (C=N–C) groups is 1. The molecule has 302 valence electrons. The Labute approximate surface area is 350 Å². The molecule has 0 bridgehead atoms. The SMILES string of the molecule is CCCCCCCCCCCCS(=O)(=O)CCCc1nnc2c(Cl)c(C(C)(C)C)[nH]n12.Cc1ccc(Cl)c(N=C2CC(=O)N(c3c(Cl)cc(Cl)cc3Cl)N2)c1. The molecule has 0 atom stereocenters. The Morgan fingerprint density at radius 1 is 0.818 bits per heavy atom. The molecule has 2 aromatic heterocycles. The van der Waals surface area contributed by atoms with Crippen LogP contribution < -0.4 is 10.4 Å². The number of nitrogens with zero attached hydrogens (tertiary/aromatic N) is 5. The quantitative estimate of drug-likeness (QED) is 0.102. The molecule has 2 N–H and O–H groups in total. The van der Waals surface area contributed by atoms with Crippen molar-refractivity contribution in [3.8, 4) is 0 Å². The number of halogens is 5. The van der Waals surface area contributed by atoms with Crippen LogP contribution in [0.25, 0.3) is 5.65 Å². The highest BCUT2D eigenvalue weighted by Crippen LogP contribution is 2.38. The fraction of sp³-hybridized carbons (Fsp3) is 0.538. The first-order valence-corrected chi connectivity index (χ1v) is 22.6. The Balaban J connectivity index is 0.000000252. The number of amides is 1. The van der Waals surface area contributed by atoms with E-state index in [0.29, 0.717) is 56.5 Å². The molecule has 10 nitrogen and oxygen atoms in total. The molecule has 55 heavy (non-hydrogen) atoms. The molecule has 1 amide bonds. The monoisotopic (exact) mass is 873 g/mol. The number of amidine groups is 1. The highest BCUT2D eigenvalue weighted by atomic mass is 35.5. The topological polar surface area (TPSA) is 125 Å². The smallest absolute Gasteiger partial charge is 0.253 e. The van der Waals surface area contributed by atoms with Crippen molar-refractivity contribution in [3.05, 3.63) is 72.5 Å². The number of aromatic amines is 1. The summed E-state index contributed by atoms with van der Waals surface area (Å²) in [4.78, 5) is 16.7. The first kappa shape index (κ1) is 45.2. The molecule has 3 heterocycles. The molecular weight excluding hydrogens is 824 g/mol. The number of hydrogen-bond acceptors (Lipinski definition) is 6. The van der Waals surface area contributed by atoms with Gasteiger partial charge in [0.2, 0.25) is 0 Å². The predicted molar refractivity (Wildman–Crippen MR) is 230 cm³/mol. The van der Waals surface area contributed by atoms with Crippen LogP contribution in [0.4, 0.5) is 11.4 Å². The van der Waals surface area contributed by atoms with Gasteiger partial charge in [0.15, 0.2) is 11.5 Å². The van der Waals surface area contributed by atoms with E-state index >= 15 is 0 Å². The maximum atomic E-state index is 12.4. The zero-order valence-corrected chi connectivity index (χ0v) is 36.8. The lowest BCUT2D eigenvalue weighted by atomic mass is 9.92. The maximum absolute atomic E-state index is 12.4. The number of carbonyl (C=O) groups excluding carboxylic acids is 1. The standard InChI is InChI=1S/C23H41ClN4O2S.C16H11Cl4N3O/c1-5-6-7-8-9-10-11-12-13-14-17-31(29,30)18-15-16-19-25-26-22-20(24)21(23(2,3)4)27-28(19)22;1-8-2-3-10(18)13(4-8)21-14-7-15(24)23(22-14)16-11(19)5-9(17)6-12(16)20/h27H,5-18H2,1-4H3;2-6H,7H2,1H3,(H,21,22). The molecule has 1 aliphatic heterocycles. The number of sulfone groups is 1. The molecule has 0 radical (unpaired) electrons. The Kier molecular flexibility index (Phi) is 17.0. The fourth-order valence-electron chi connectivity index (χ4n) is 6.17. The molecule has 1 fully saturated rings. The second-order valence-corrected chi connectivity index (χ2v) is 19.4. The molecule has 2 aromatic carbocycles. The summed E-state index contributed by atoms with van der Waals surface area (Å²) in [7, 11) is -3.02. The summed E-state index contributed by atoms with van der Waals surface area (Å²) in [5, 5.41) is 14.9. The van der Waals surface area contributed by atoms with Gasteiger partial charge >= 0.3 is 0 Å². The molecule has 4 aromatic rings. The number of nitrogens with one attached hydrogen (secondary N) is 2. The minimum Gasteiger partial charge on any atom is -0.293 e. The Morgan fingerprint density at radius 3 is 2.04 bits per heavy atom. The molecule has 0 unspecified atom stereocenters. The lowest BCUT2D eigenvalue weighted by Gasteiger charge is -2.19. The minimum absolute atomic E-state index is 0.0829. The van der Waals surface area contributed by atoms with Gasteiger partial charge in [-0.25, -0.2) is 22.9 Å². The van der Waals surface area contributed by atoms with Gasteiger partial charge in [0.25, 0.3) is 5.91 Å². The number of H-pyrrole nitrogens is 1. The number of unbranched alkanes of at least 4 members (excludes halogenated alkanes) is 9. The third kappa shape index (κ3) is 13.3. The Hall–Kier alpha value is -2.54. The van der Waals surface area contributed by atoms with Crippen LogP contribution in [-0.4, -0.2) is 51.5 Å². The first-order valence-electron chi connectivity index (χ1n) is 18.9. The number of hydrazine groups is 1. The number of anilines is 1. The summed E-state index contributed by atoms with van der Waals surface area (Å²) in [6.07, 6.45) is 13.3. The van der Waals surface area contributed by atoms with E-state index in [0.717, 1.165) is 36.3 Å². The van der Waals surface area contributed by atoms with E-state index in [9.17, 15) is 13.2 Å². The summed E-state index contributed by atoms with van der Waals surface area (Å²) in [5.74, 6) is 1.43. The third-order valence-corrected chi connectivity index (χ3v) is 12.4. The van der Waals surface area contributed by atoms with Gasteiger partial charge in [-0.15, -0.1) is 10.2 Å². The van der Waals surface area contributed by atoms with Gasteiger partial charge in [-0.05, 0) is 49.6 Å². The van der Waals surface area contributed by atoms with Crippen LogP contribution in [0, 0.1) is 6.92 Å². The van der Waals surface area contributed by atoms with Crippen molar-refractivity contribution in [2.24, 2.45) is 4.99 Å². The van der Waals surface area contributed by atoms with E-state index in [1.165, 1.54) is 62.1 Å². The number of fused-ring (bicyclic) bond motifs is 1. The number of benzene rings is 2. The Bertz CT molecular complexity index is 2030. The molecule has 0 aliphatic carbocycles. The summed E-state index contributed by atoms with van der Waals surface area (Å²) in [6.45, 7) is 10.4. The van der Waals surface area contributed by atoms with Crippen LogP contribution in [0.1, 0.15) is 122 Å². The predicted octanol–water partition coefficient (Wildman–Crippen LogP) is 11.9. The van der Waals surface area contributed by atoms with Crippen LogP contribution in [0.5, 0.6) is 0 Å². The normalized spacial score (nSPS) is 14.2. The first-order chi connectivity index (χ1) is 26.0. The minimum atomic E-state index is -3.02. The zero-order chi connectivity index (χ0) is 40.3. The van der Waals surface area contributed by atoms with Crippen molar-refractivity contribution in [1.82, 2.24) is 25.2 Å². The average Bonchev–Trinajstić information content (AvgIpc) is 3.77. The van der Waals surface area contributed by atoms with Crippen LogP contribution in [0.15, 0.2) is 35.3 Å². The summed E-state index contributed by atoms with van der Waals surface area (Å²) >= 11 is 30.8. The highest BCUT2D eigenvalue weighted by Gasteiger charge is 2.30. The van der Waals surface area contributed by atoms with Crippen molar-refractivity contribution in [3.63, 3.8) is 0 Å². The lowest BCUT2D eigenvalue weighted by molar-refractivity contribution is -0.116. The van der Waals surface area contributed by atoms with Crippen molar-refractivity contribution in [2.75, 3.05) is 16.5 Å². The van der Waals surface area contributed by atoms with E-state index in [-0.39, 0.29) is 33.5 Å². The number of hydrogen-bond donors (Lipinski definition) is 2. The van der Waals surface area contributed by atoms with Crippen LogP contribution in [0.3, 0.4) is 0 Å². The van der Waals surface area contributed by atoms with Crippen molar-refractivity contribution >= 4 is 96.6 Å². The number of aryl methyl sites for hydroxylation is 2. The summed E-state index contributed by atoms with van der Waals surface area (Å²) in [6, 6.07) is 8.53. The second-order valence-electron chi connectivity index (χ2n) is 15.0. The van der Waals surface area contributed by atoms with Crippen molar-refractivity contribution in [2.45, 2.75) is 124 Å². The molecule has 0 spiro atoms. The van der Waals surface area contributed by atoms with E-state index in [2.05, 4.69) is 53.4 Å². The zero-order valence-electron chi connectivity index (χ0n) is 32.3. The van der Waals surface area contributed by atoms with Gasteiger partial charge in [-0.3, -0.25) is 15.3 Å². The largest absolute Gasteiger partial charge is 0.293 e. The molecule has 5 rings (SSSR count). The fourth-order valence-corrected chi connectivity index (χ4v) is 9.20. The van der Waals surface area contributed by atoms with Gasteiger partial charge in [-0.2, -0.15) is 0 Å². The summed E-state index contributed by atoms with van der Waals surface area (Å²) < 4.78 is 26.5. The number of carbonyl (C=O) groups is 1.